The van der Waals surface area contributed by atoms with Crippen LogP contribution < -0.4 is 9.46 Å². The highest BCUT2D eigenvalue weighted by Gasteiger charge is 2.23. The van der Waals surface area contributed by atoms with Crippen molar-refractivity contribution in [3.63, 3.8) is 0 Å². The molecule has 0 spiro atoms. The van der Waals surface area contributed by atoms with Crippen molar-refractivity contribution in [2.24, 2.45) is 0 Å². The summed E-state index contributed by atoms with van der Waals surface area (Å²) in [6.45, 7) is 1.63. The van der Waals surface area contributed by atoms with E-state index in [1.165, 1.54) is 12.1 Å². The maximum absolute atomic E-state index is 12.5. The van der Waals surface area contributed by atoms with Crippen LogP contribution in [-0.2, 0) is 10.0 Å². The second kappa shape index (κ2) is 7.56. The summed E-state index contributed by atoms with van der Waals surface area (Å²) in [4.78, 5) is 4.44. The molecule has 136 valence electrons. The molecule has 2 aromatic carbocycles. The first kappa shape index (κ1) is 18.6. The van der Waals surface area contributed by atoms with Crippen molar-refractivity contribution in [3.05, 3.63) is 58.9 Å². The lowest BCUT2D eigenvalue weighted by atomic mass is 10.2. The molecule has 1 unspecified atom stereocenters. The third-order valence-electron chi connectivity index (χ3n) is 3.62. The Morgan fingerprint density at radius 1 is 1.15 bits per heavy atom. The van der Waals surface area contributed by atoms with Crippen molar-refractivity contribution >= 4 is 26.0 Å². The van der Waals surface area contributed by atoms with Crippen molar-refractivity contribution in [2.45, 2.75) is 17.9 Å². The minimum Gasteiger partial charge on any atom is -0.496 e. The van der Waals surface area contributed by atoms with Crippen LogP contribution in [-0.4, -0.2) is 25.7 Å². The predicted molar refractivity (Wildman–Crippen MR) is 99.2 cm³/mol. The van der Waals surface area contributed by atoms with Crippen LogP contribution in [0.5, 0.6) is 5.75 Å². The standard InChI is InChI=1S/C17H16BrN3O4S/c1-11(21-26(22,23)13-9-7-12(18)8-10-13)17-19-16(20-25-17)14-5-3-4-6-15(14)24-2/h3-11,21H,1-2H3. The Morgan fingerprint density at radius 3 is 2.54 bits per heavy atom. The summed E-state index contributed by atoms with van der Waals surface area (Å²) >= 11 is 3.28. The molecular weight excluding hydrogens is 422 g/mol. The van der Waals surface area contributed by atoms with Crippen LogP contribution in [0, 0.1) is 0 Å². The Balaban J connectivity index is 1.82. The molecule has 1 N–H and O–H groups in total. The second-order valence-corrected chi connectivity index (χ2v) is 8.08. The van der Waals surface area contributed by atoms with Crippen LogP contribution in [0.3, 0.4) is 0 Å². The molecule has 0 bridgehead atoms. The van der Waals surface area contributed by atoms with Crippen molar-refractivity contribution in [1.29, 1.82) is 0 Å². The SMILES string of the molecule is COc1ccccc1-c1noc(C(C)NS(=O)(=O)c2ccc(Br)cc2)n1. The van der Waals surface area contributed by atoms with Gasteiger partial charge in [0, 0.05) is 4.47 Å². The van der Waals surface area contributed by atoms with Gasteiger partial charge in [-0.15, -0.1) is 0 Å². The lowest BCUT2D eigenvalue weighted by molar-refractivity contribution is 0.353. The van der Waals surface area contributed by atoms with Gasteiger partial charge in [-0.2, -0.15) is 9.71 Å². The molecule has 1 heterocycles. The first-order chi connectivity index (χ1) is 12.4. The maximum Gasteiger partial charge on any atom is 0.244 e. The number of halogens is 1. The van der Waals surface area contributed by atoms with Gasteiger partial charge in [0.15, 0.2) is 0 Å². The monoisotopic (exact) mass is 437 g/mol. The number of rotatable bonds is 6. The average molecular weight is 438 g/mol. The number of sulfonamides is 1. The van der Waals surface area contributed by atoms with Crippen molar-refractivity contribution in [1.82, 2.24) is 14.9 Å². The molecule has 9 heteroatoms. The van der Waals surface area contributed by atoms with E-state index in [1.54, 1.807) is 38.3 Å². The zero-order chi connectivity index (χ0) is 18.7. The summed E-state index contributed by atoms with van der Waals surface area (Å²) in [5.74, 6) is 1.08. The van der Waals surface area contributed by atoms with Gasteiger partial charge in [0.2, 0.25) is 21.7 Å². The van der Waals surface area contributed by atoms with E-state index in [0.717, 1.165) is 4.47 Å². The molecule has 0 amide bonds. The van der Waals surface area contributed by atoms with Crippen molar-refractivity contribution in [2.75, 3.05) is 7.11 Å². The lowest BCUT2D eigenvalue weighted by Gasteiger charge is -2.10. The van der Waals surface area contributed by atoms with E-state index in [1.807, 2.05) is 12.1 Å². The third-order valence-corrected chi connectivity index (χ3v) is 5.70. The molecule has 0 radical (unpaired) electrons. The number of para-hydroxylation sites is 1. The Labute approximate surface area is 159 Å². The van der Waals surface area contributed by atoms with E-state index in [4.69, 9.17) is 9.26 Å². The Kier molecular flexibility index (Phi) is 5.40. The number of nitrogens with one attached hydrogen (secondary N) is 1. The van der Waals surface area contributed by atoms with Gasteiger partial charge in [0.05, 0.1) is 23.6 Å². The molecule has 0 aliphatic carbocycles. The highest BCUT2D eigenvalue weighted by atomic mass is 79.9. The molecule has 0 saturated heterocycles. The van der Waals surface area contributed by atoms with Crippen LogP contribution in [0.15, 0.2) is 62.4 Å². The fourth-order valence-corrected chi connectivity index (χ4v) is 3.78. The van der Waals surface area contributed by atoms with Crippen LogP contribution in [0.1, 0.15) is 18.9 Å². The summed E-state index contributed by atoms with van der Waals surface area (Å²) in [7, 11) is -2.17. The van der Waals surface area contributed by atoms with E-state index < -0.39 is 16.1 Å². The van der Waals surface area contributed by atoms with Gasteiger partial charge in [0.1, 0.15) is 5.75 Å². The normalized spacial score (nSPS) is 12.7. The summed E-state index contributed by atoms with van der Waals surface area (Å²) < 4.78 is 38.8. The molecule has 1 aromatic heterocycles. The Bertz CT molecular complexity index is 1000. The number of aromatic nitrogens is 2. The zero-order valence-electron chi connectivity index (χ0n) is 14.0. The Morgan fingerprint density at radius 2 is 1.85 bits per heavy atom. The fourth-order valence-electron chi connectivity index (χ4n) is 2.31. The van der Waals surface area contributed by atoms with Crippen LogP contribution >= 0.6 is 15.9 Å². The van der Waals surface area contributed by atoms with Crippen LogP contribution in [0.25, 0.3) is 11.4 Å². The summed E-state index contributed by atoms with van der Waals surface area (Å²) in [5, 5.41) is 3.92. The first-order valence-corrected chi connectivity index (χ1v) is 9.93. The number of nitrogens with zero attached hydrogens (tertiary/aromatic N) is 2. The number of ether oxygens (including phenoxy) is 1. The summed E-state index contributed by atoms with van der Waals surface area (Å²) in [6, 6.07) is 12.9. The van der Waals surface area contributed by atoms with Gasteiger partial charge in [-0.05, 0) is 43.3 Å². The van der Waals surface area contributed by atoms with Crippen LogP contribution in [0.2, 0.25) is 0 Å². The predicted octanol–water partition coefficient (Wildman–Crippen LogP) is 3.55. The molecule has 0 aliphatic rings. The summed E-state index contributed by atoms with van der Waals surface area (Å²) in [5.41, 5.74) is 0.660. The van der Waals surface area contributed by atoms with E-state index in [0.29, 0.717) is 17.1 Å². The maximum atomic E-state index is 12.5. The smallest absolute Gasteiger partial charge is 0.244 e. The molecule has 1 atom stereocenters. The van der Waals surface area contributed by atoms with Gasteiger partial charge in [0.25, 0.3) is 0 Å². The van der Waals surface area contributed by atoms with Gasteiger partial charge < -0.3 is 9.26 Å². The van der Waals surface area contributed by atoms with E-state index in [9.17, 15) is 8.42 Å². The molecule has 0 saturated carbocycles. The molecule has 3 rings (SSSR count). The average Bonchev–Trinajstić information content (AvgIpc) is 3.12. The molecule has 3 aromatic rings. The van der Waals surface area contributed by atoms with Gasteiger partial charge in [-0.1, -0.05) is 33.2 Å². The number of hydrogen-bond donors (Lipinski definition) is 1. The zero-order valence-corrected chi connectivity index (χ0v) is 16.4. The first-order valence-electron chi connectivity index (χ1n) is 7.65. The molecule has 0 fully saturated rings. The Hall–Kier alpha value is -2.23. The van der Waals surface area contributed by atoms with Crippen LogP contribution in [0.4, 0.5) is 0 Å². The minimum atomic E-state index is -3.72. The van der Waals surface area contributed by atoms with Gasteiger partial charge in [-0.3, -0.25) is 0 Å². The van der Waals surface area contributed by atoms with E-state index in [2.05, 4.69) is 30.8 Å². The number of benzene rings is 2. The number of methoxy groups -OCH3 is 1. The molecule has 26 heavy (non-hydrogen) atoms. The largest absolute Gasteiger partial charge is 0.496 e. The van der Waals surface area contributed by atoms with Gasteiger partial charge in [-0.25, -0.2) is 8.42 Å². The third kappa shape index (κ3) is 3.95. The number of hydrogen-bond acceptors (Lipinski definition) is 6. The minimum absolute atomic E-state index is 0.150. The fraction of sp³-hybridized carbons (Fsp3) is 0.176. The van der Waals surface area contributed by atoms with Gasteiger partial charge >= 0.3 is 0 Å². The highest BCUT2D eigenvalue weighted by Crippen LogP contribution is 2.28. The van der Waals surface area contributed by atoms with E-state index >= 15 is 0 Å². The molecular formula is C17H16BrN3O4S. The molecule has 7 nitrogen and oxygen atoms in total. The van der Waals surface area contributed by atoms with Crippen molar-refractivity contribution in [3.8, 4) is 17.1 Å². The molecule has 0 aliphatic heterocycles. The second-order valence-electron chi connectivity index (χ2n) is 5.45. The van der Waals surface area contributed by atoms with Crippen molar-refractivity contribution < 1.29 is 17.7 Å². The van der Waals surface area contributed by atoms with E-state index in [-0.39, 0.29) is 10.8 Å². The summed E-state index contributed by atoms with van der Waals surface area (Å²) in [6.07, 6.45) is 0. The highest BCUT2D eigenvalue weighted by molar-refractivity contribution is 9.10. The quantitative estimate of drug-likeness (QED) is 0.633. The lowest BCUT2D eigenvalue weighted by Crippen LogP contribution is -2.27. The topological polar surface area (TPSA) is 94.3 Å².